The lowest BCUT2D eigenvalue weighted by atomic mass is 10.1. The summed E-state index contributed by atoms with van der Waals surface area (Å²) in [6, 6.07) is 2.43. The monoisotopic (exact) mass is 776 g/mol. The smallest absolute Gasteiger partial charge is 0.394 e. The number of aliphatic hydroxyl groups is 1. The minimum Gasteiger partial charge on any atom is -0.394 e. The number of hydrogen-bond acceptors (Lipinski definition) is 16. The van der Waals surface area contributed by atoms with Crippen LogP contribution in [0.1, 0.15) is 32.9 Å². The number of rotatable bonds is 16. The third-order valence-electron chi connectivity index (χ3n) is 7.92. The summed E-state index contributed by atoms with van der Waals surface area (Å²) in [5.41, 5.74) is -1.06. The van der Waals surface area contributed by atoms with Crippen LogP contribution < -0.4 is 16.2 Å². The summed E-state index contributed by atoms with van der Waals surface area (Å²) in [4.78, 5) is 53.1. The molecule has 24 heteroatoms. The maximum absolute atomic E-state index is 16.0. The van der Waals surface area contributed by atoms with Gasteiger partial charge in [0.1, 0.15) is 24.4 Å². The van der Waals surface area contributed by atoms with E-state index >= 15 is 8.78 Å². The normalized spacial score (nSPS) is 27.7. The molecular weight excluding hydrogens is 742 g/mol. The Bertz CT molecular complexity index is 1850. The molecule has 2 aliphatic rings. The number of hydrogen-bond donors (Lipinski definition) is 5. The summed E-state index contributed by atoms with van der Waals surface area (Å²) in [5.74, 6) is -1.75. The summed E-state index contributed by atoms with van der Waals surface area (Å²) < 4.78 is 72.8. The minimum absolute atomic E-state index is 0.00303. The predicted octanol–water partition coefficient (Wildman–Crippen LogP) is 2.16. The first-order valence-corrected chi connectivity index (χ1v) is 19.1. The largest absolute Gasteiger partial charge is 0.695 e. The molecule has 10 atom stereocenters. The predicted molar refractivity (Wildman–Crippen MR) is 176 cm³/mol. The molecule has 0 spiro atoms. The first kappa shape index (κ1) is 38.7. The molecule has 2 fully saturated rings. The van der Waals surface area contributed by atoms with Crippen LogP contribution in [0.15, 0.2) is 29.7 Å². The third-order valence-corrected chi connectivity index (χ3v) is 10.7. The summed E-state index contributed by atoms with van der Waals surface area (Å²) >= 11 is 5.63. The number of anilines is 2. The van der Waals surface area contributed by atoms with Crippen molar-refractivity contribution >= 4 is 55.6 Å². The highest BCUT2D eigenvalue weighted by atomic mass is 32.5. The summed E-state index contributed by atoms with van der Waals surface area (Å²) in [5, 5.41) is 24.4. The molecule has 0 aromatic carbocycles. The number of H-pyrrole nitrogens is 1. The molecule has 5 N–H and O–H groups in total. The van der Waals surface area contributed by atoms with Crippen molar-refractivity contribution in [1.82, 2.24) is 29.5 Å². The molecule has 0 bridgehead atoms. The molecule has 1 aliphatic heterocycles. The summed E-state index contributed by atoms with van der Waals surface area (Å²) in [6.45, 7) is -2.40. The molecule has 276 valence electrons. The number of imidazole rings is 1. The summed E-state index contributed by atoms with van der Waals surface area (Å²) in [6.07, 6.45) is -6.33. The standard InChI is InChI=1S/C27H33F2N9O10P2S/c1-13(2)24(40)36-27-35-23-20(25(41)37-27)33-12-38(23)26-22(19(29)16(9-39)46-26)48-50(51,44-7-3-5-30)45-10-14-8-15(18(28)21(14)47-49(42)43)34-17-4-6-31-11-32-17/h4,6,11-16,18-19,21-22,26,39H,3,7-10H2,1-2H3,(H3-,31,32,34,35,36,37,40,41,42,43)/p+1/t14-,15-,16-,18+,19-,21-,22-,26-,50?/m1/s1. The van der Waals surface area contributed by atoms with Crippen molar-refractivity contribution in [2.75, 3.05) is 30.5 Å². The van der Waals surface area contributed by atoms with Crippen molar-refractivity contribution in [3.63, 3.8) is 0 Å². The fraction of sp³-hybridized carbons (Fsp3) is 0.593. The highest BCUT2D eigenvalue weighted by Crippen LogP contribution is 2.55. The number of carbonyl (C=O) groups is 1. The van der Waals surface area contributed by atoms with Gasteiger partial charge in [-0.1, -0.05) is 13.8 Å². The quantitative estimate of drug-likeness (QED) is 0.103. The molecule has 1 saturated heterocycles. The van der Waals surface area contributed by atoms with Gasteiger partial charge in [-0.2, -0.15) is 10.2 Å². The molecule has 1 saturated carbocycles. The highest BCUT2D eigenvalue weighted by Gasteiger charge is 2.52. The Kier molecular flexibility index (Phi) is 12.8. The Morgan fingerprint density at radius 2 is 2.10 bits per heavy atom. The van der Waals surface area contributed by atoms with Crippen molar-refractivity contribution in [2.45, 2.75) is 69.6 Å². The lowest BCUT2D eigenvalue weighted by molar-refractivity contribution is -0.118. The Labute approximate surface area is 294 Å². The Hall–Kier alpha value is -3.48. The van der Waals surface area contributed by atoms with Crippen LogP contribution in [0.3, 0.4) is 0 Å². The van der Waals surface area contributed by atoms with E-state index in [-0.39, 0.29) is 42.4 Å². The zero-order chi connectivity index (χ0) is 36.9. The van der Waals surface area contributed by atoms with Crippen LogP contribution >= 0.6 is 15.0 Å². The van der Waals surface area contributed by atoms with Crippen molar-refractivity contribution in [2.24, 2.45) is 11.8 Å². The minimum atomic E-state index is -4.09. The van der Waals surface area contributed by atoms with Gasteiger partial charge in [0, 0.05) is 22.6 Å². The number of nitrogens with one attached hydrogen (secondary N) is 3. The van der Waals surface area contributed by atoms with Gasteiger partial charge < -0.3 is 24.2 Å². The van der Waals surface area contributed by atoms with Crippen LogP contribution in [-0.2, 0) is 44.0 Å². The maximum atomic E-state index is 16.0. The van der Waals surface area contributed by atoms with Crippen LogP contribution in [-0.4, -0.2) is 102 Å². The van der Waals surface area contributed by atoms with Crippen LogP contribution in [0.25, 0.3) is 11.2 Å². The molecule has 2 unspecified atom stereocenters. The number of ether oxygens (including phenoxy) is 1. The number of halogens is 2. The van der Waals surface area contributed by atoms with Crippen molar-refractivity contribution < 1.29 is 51.0 Å². The second-order valence-electron chi connectivity index (χ2n) is 11.7. The van der Waals surface area contributed by atoms with E-state index < -0.39 is 94.4 Å². The van der Waals surface area contributed by atoms with E-state index in [2.05, 4.69) is 35.6 Å². The first-order valence-electron chi connectivity index (χ1n) is 15.5. The maximum Gasteiger partial charge on any atom is 0.695 e. The number of nitrogens with zero attached hydrogens (tertiary/aromatic N) is 6. The number of aromatic amines is 1. The first-order chi connectivity index (χ1) is 24.3. The lowest BCUT2D eigenvalue weighted by Gasteiger charge is -2.29. The van der Waals surface area contributed by atoms with Gasteiger partial charge in [-0.15, -0.1) is 9.42 Å². The van der Waals surface area contributed by atoms with Gasteiger partial charge in [0.15, 0.2) is 35.8 Å². The molecule has 1 aliphatic carbocycles. The van der Waals surface area contributed by atoms with Crippen LogP contribution in [0.4, 0.5) is 20.5 Å². The number of alkyl halides is 2. The van der Waals surface area contributed by atoms with Gasteiger partial charge in [0.25, 0.3) is 5.56 Å². The molecule has 19 nitrogen and oxygen atoms in total. The third kappa shape index (κ3) is 9.13. The molecule has 1 amide bonds. The number of aliphatic hydroxyl groups excluding tert-OH is 1. The fourth-order valence-electron chi connectivity index (χ4n) is 5.44. The number of carbonyl (C=O) groups excluding carboxylic acids is 1. The topological polar surface area (TPSA) is 258 Å². The summed E-state index contributed by atoms with van der Waals surface area (Å²) in [7, 11) is -3.24. The second-order valence-corrected chi connectivity index (χ2v) is 15.4. The molecule has 0 radical (unpaired) electrons. The van der Waals surface area contributed by atoms with Gasteiger partial charge in [0.2, 0.25) is 11.9 Å². The molecule has 5 rings (SSSR count). The highest BCUT2D eigenvalue weighted by molar-refractivity contribution is 8.07. The Morgan fingerprint density at radius 1 is 1.31 bits per heavy atom. The van der Waals surface area contributed by atoms with E-state index in [9.17, 15) is 24.2 Å². The van der Waals surface area contributed by atoms with Crippen molar-refractivity contribution in [3.8, 4) is 6.07 Å². The number of nitriles is 1. The molecule has 3 aromatic heterocycles. The average Bonchev–Trinajstić information content (AvgIpc) is 3.74. The molecule has 4 heterocycles. The Balaban J connectivity index is 1.42. The van der Waals surface area contributed by atoms with Gasteiger partial charge in [0.05, 0.1) is 44.7 Å². The van der Waals surface area contributed by atoms with E-state index in [0.29, 0.717) is 0 Å². The SMILES string of the molecule is CC(C)C(=O)Nc1nc2c(ncn2[C@@H]2O[C@H](CO)[C@@H](F)[C@H]2OP(=S)(OCCC#N)OC[C@H]2C[C@@H](Nc3ccncn3)[C@H](F)[C@@H]2O[P+](=O)O)c(=O)[nH]1. The lowest BCUT2D eigenvalue weighted by Crippen LogP contribution is -2.33. The van der Waals surface area contributed by atoms with Crippen molar-refractivity contribution in [3.05, 3.63) is 35.3 Å². The molecule has 3 aromatic rings. The fourth-order valence-corrected chi connectivity index (χ4v) is 8.05. The molecular formula is C27H34F2N9O10P2S+. The Morgan fingerprint density at radius 3 is 2.76 bits per heavy atom. The van der Waals surface area contributed by atoms with Gasteiger partial charge in [-0.25, -0.2) is 23.7 Å². The number of aromatic nitrogens is 6. The van der Waals surface area contributed by atoms with E-state index in [1.165, 1.54) is 18.6 Å². The van der Waals surface area contributed by atoms with Gasteiger partial charge in [-0.05, 0) is 24.3 Å². The van der Waals surface area contributed by atoms with Crippen molar-refractivity contribution in [1.29, 1.82) is 5.26 Å². The number of fused-ring (bicyclic) bond motifs is 1. The van der Waals surface area contributed by atoms with E-state index in [1.54, 1.807) is 13.8 Å². The van der Waals surface area contributed by atoms with Gasteiger partial charge in [-0.3, -0.25) is 29.0 Å². The zero-order valence-corrected chi connectivity index (χ0v) is 29.5. The average molecular weight is 777 g/mol. The van der Waals surface area contributed by atoms with E-state index in [1.807, 2.05) is 6.07 Å². The van der Waals surface area contributed by atoms with Crippen LogP contribution in [0, 0.1) is 23.2 Å². The zero-order valence-electron chi connectivity index (χ0n) is 26.9. The van der Waals surface area contributed by atoms with Crippen LogP contribution in [0.2, 0.25) is 0 Å². The van der Waals surface area contributed by atoms with Gasteiger partial charge >= 0.3 is 15.0 Å². The van der Waals surface area contributed by atoms with E-state index in [0.717, 1.165) is 10.9 Å². The van der Waals surface area contributed by atoms with E-state index in [4.69, 9.17) is 39.9 Å². The number of amides is 1. The van der Waals surface area contributed by atoms with Crippen LogP contribution in [0.5, 0.6) is 0 Å². The second kappa shape index (κ2) is 16.9. The molecule has 51 heavy (non-hydrogen) atoms.